The summed E-state index contributed by atoms with van der Waals surface area (Å²) in [5.74, 6) is -2.13. The van der Waals surface area contributed by atoms with Crippen molar-refractivity contribution in [2.75, 3.05) is 13.1 Å². The van der Waals surface area contributed by atoms with Gasteiger partial charge in [-0.2, -0.15) is 0 Å². The fourth-order valence-electron chi connectivity index (χ4n) is 2.10. The van der Waals surface area contributed by atoms with Crippen LogP contribution in [0, 0.1) is 5.92 Å². The first-order valence-corrected chi connectivity index (χ1v) is 5.83. The minimum absolute atomic E-state index is 0.0761. The third kappa shape index (κ3) is 2.72. The Balaban J connectivity index is 2.22. The summed E-state index contributed by atoms with van der Waals surface area (Å²) in [6.07, 6.45) is 2.14. The zero-order chi connectivity index (χ0) is 14.0. The van der Waals surface area contributed by atoms with Crippen molar-refractivity contribution in [3.8, 4) is 0 Å². The highest BCUT2D eigenvalue weighted by Gasteiger charge is 2.29. The predicted octanol–water partition coefficient (Wildman–Crippen LogP) is -1.000. The zero-order valence-electron chi connectivity index (χ0n) is 10.0. The third-order valence-corrected chi connectivity index (χ3v) is 3.11. The number of carboxylic acids is 1. The molecule has 19 heavy (non-hydrogen) atoms. The largest absolute Gasteiger partial charge is 0.481 e. The van der Waals surface area contributed by atoms with Gasteiger partial charge >= 0.3 is 11.7 Å². The number of nitrogens with one attached hydrogen (secondary N) is 2. The lowest BCUT2D eigenvalue weighted by Crippen LogP contribution is -2.44. The molecule has 0 aliphatic carbocycles. The highest BCUT2D eigenvalue weighted by molar-refractivity contribution is 5.93. The van der Waals surface area contributed by atoms with Crippen LogP contribution in [0.25, 0.3) is 0 Å². The van der Waals surface area contributed by atoms with Crippen molar-refractivity contribution >= 4 is 11.9 Å². The van der Waals surface area contributed by atoms with Gasteiger partial charge in [-0.15, -0.1) is 0 Å². The molecule has 8 heteroatoms. The van der Waals surface area contributed by atoms with Gasteiger partial charge in [-0.1, -0.05) is 0 Å². The number of aromatic nitrogens is 2. The number of aromatic amines is 2. The molecule has 2 rings (SSSR count). The summed E-state index contributed by atoms with van der Waals surface area (Å²) in [7, 11) is 0. The normalized spacial score (nSPS) is 19.2. The molecule has 1 aliphatic heterocycles. The molecule has 1 atom stereocenters. The molecular formula is C11H13N3O5. The highest BCUT2D eigenvalue weighted by Crippen LogP contribution is 2.17. The number of piperidine rings is 1. The lowest BCUT2D eigenvalue weighted by atomic mass is 9.98. The Morgan fingerprint density at radius 1 is 1.37 bits per heavy atom. The fraction of sp³-hybridized carbons (Fsp3) is 0.455. The second-order valence-corrected chi connectivity index (χ2v) is 4.41. The molecular weight excluding hydrogens is 254 g/mol. The fourth-order valence-corrected chi connectivity index (χ4v) is 2.10. The molecule has 1 unspecified atom stereocenters. The summed E-state index contributed by atoms with van der Waals surface area (Å²) in [5.41, 5.74) is -1.65. The van der Waals surface area contributed by atoms with Gasteiger partial charge in [-0.05, 0) is 12.8 Å². The lowest BCUT2D eigenvalue weighted by Gasteiger charge is -2.30. The summed E-state index contributed by atoms with van der Waals surface area (Å²) in [5, 5.41) is 8.95. The van der Waals surface area contributed by atoms with Gasteiger partial charge in [0, 0.05) is 19.3 Å². The molecule has 0 saturated carbocycles. The third-order valence-electron chi connectivity index (χ3n) is 3.11. The van der Waals surface area contributed by atoms with E-state index in [9.17, 15) is 19.2 Å². The first-order valence-electron chi connectivity index (χ1n) is 5.83. The number of carboxylic acid groups (broad SMARTS) is 1. The Morgan fingerprint density at radius 2 is 2.11 bits per heavy atom. The molecule has 0 bridgehead atoms. The van der Waals surface area contributed by atoms with Gasteiger partial charge in [-0.3, -0.25) is 19.4 Å². The van der Waals surface area contributed by atoms with Crippen LogP contribution in [-0.2, 0) is 4.79 Å². The van der Waals surface area contributed by atoms with E-state index in [0.717, 1.165) is 6.20 Å². The maximum Gasteiger partial charge on any atom is 0.325 e. The van der Waals surface area contributed by atoms with Gasteiger partial charge in [0.15, 0.2) is 0 Å². The van der Waals surface area contributed by atoms with E-state index in [1.807, 2.05) is 4.98 Å². The SMILES string of the molecule is O=C(O)C1CCCN(C(=O)c2c[nH]c(=O)[nH]c2=O)C1. The Hall–Kier alpha value is -2.38. The van der Waals surface area contributed by atoms with E-state index in [1.165, 1.54) is 4.90 Å². The summed E-state index contributed by atoms with van der Waals surface area (Å²) in [4.78, 5) is 50.9. The highest BCUT2D eigenvalue weighted by atomic mass is 16.4. The number of amides is 1. The van der Waals surface area contributed by atoms with Gasteiger partial charge in [0.05, 0.1) is 5.92 Å². The molecule has 8 nitrogen and oxygen atoms in total. The van der Waals surface area contributed by atoms with Gasteiger partial charge in [0.2, 0.25) is 0 Å². The number of likely N-dealkylation sites (tertiary alicyclic amines) is 1. The molecule has 0 aromatic carbocycles. The van der Waals surface area contributed by atoms with E-state index in [1.54, 1.807) is 0 Å². The number of aliphatic carboxylic acids is 1. The first-order chi connectivity index (χ1) is 8.99. The Morgan fingerprint density at radius 3 is 2.74 bits per heavy atom. The van der Waals surface area contributed by atoms with Crippen molar-refractivity contribution in [2.45, 2.75) is 12.8 Å². The first kappa shape index (κ1) is 13.1. The Bertz CT molecular complexity index is 617. The van der Waals surface area contributed by atoms with Gasteiger partial charge in [0.1, 0.15) is 5.56 Å². The molecule has 1 aromatic heterocycles. The topological polar surface area (TPSA) is 123 Å². The zero-order valence-corrected chi connectivity index (χ0v) is 10.0. The van der Waals surface area contributed by atoms with Crippen molar-refractivity contribution in [2.24, 2.45) is 5.92 Å². The number of nitrogens with zero attached hydrogens (tertiary/aromatic N) is 1. The molecule has 0 spiro atoms. The summed E-state index contributed by atoms with van der Waals surface area (Å²) in [6.45, 7) is 0.480. The monoisotopic (exact) mass is 267 g/mol. The van der Waals surface area contributed by atoms with Crippen LogP contribution in [-0.4, -0.2) is 44.9 Å². The van der Waals surface area contributed by atoms with Crippen molar-refractivity contribution < 1.29 is 14.7 Å². The maximum atomic E-state index is 12.1. The average Bonchev–Trinajstić information content (AvgIpc) is 2.38. The van der Waals surface area contributed by atoms with Crippen LogP contribution in [0.1, 0.15) is 23.2 Å². The van der Waals surface area contributed by atoms with E-state index >= 15 is 0 Å². The van der Waals surface area contributed by atoms with Crippen molar-refractivity contribution in [1.29, 1.82) is 0 Å². The lowest BCUT2D eigenvalue weighted by molar-refractivity contribution is -0.143. The smallest absolute Gasteiger partial charge is 0.325 e. The molecule has 0 radical (unpaired) electrons. The summed E-state index contributed by atoms with van der Waals surface area (Å²) < 4.78 is 0. The van der Waals surface area contributed by atoms with Crippen LogP contribution in [0.3, 0.4) is 0 Å². The summed E-state index contributed by atoms with van der Waals surface area (Å²) >= 11 is 0. The maximum absolute atomic E-state index is 12.1. The van der Waals surface area contributed by atoms with Gasteiger partial charge in [0.25, 0.3) is 11.5 Å². The number of carbonyl (C=O) groups excluding carboxylic acids is 1. The minimum Gasteiger partial charge on any atom is -0.481 e. The van der Waals surface area contributed by atoms with Crippen LogP contribution >= 0.6 is 0 Å². The number of carbonyl (C=O) groups is 2. The van der Waals surface area contributed by atoms with E-state index in [2.05, 4.69) is 4.98 Å². The average molecular weight is 267 g/mol. The van der Waals surface area contributed by atoms with E-state index < -0.39 is 29.0 Å². The van der Waals surface area contributed by atoms with E-state index in [4.69, 9.17) is 5.11 Å². The van der Waals surface area contributed by atoms with Crippen LogP contribution in [0.5, 0.6) is 0 Å². The molecule has 1 aromatic rings. The van der Waals surface area contributed by atoms with E-state index in [-0.39, 0.29) is 12.1 Å². The van der Waals surface area contributed by atoms with Crippen molar-refractivity contribution in [1.82, 2.24) is 14.9 Å². The summed E-state index contributed by atoms with van der Waals surface area (Å²) in [6, 6.07) is 0. The molecule has 2 heterocycles. The number of hydrogen-bond donors (Lipinski definition) is 3. The van der Waals surface area contributed by atoms with Crippen LogP contribution in [0.4, 0.5) is 0 Å². The van der Waals surface area contributed by atoms with Crippen LogP contribution < -0.4 is 11.2 Å². The second-order valence-electron chi connectivity index (χ2n) is 4.41. The van der Waals surface area contributed by atoms with Gasteiger partial charge in [-0.25, -0.2) is 4.79 Å². The van der Waals surface area contributed by atoms with Gasteiger partial charge < -0.3 is 15.0 Å². The Kier molecular flexibility index (Phi) is 3.50. The van der Waals surface area contributed by atoms with Crippen molar-refractivity contribution in [3.63, 3.8) is 0 Å². The molecule has 3 N–H and O–H groups in total. The molecule has 1 aliphatic rings. The molecule has 102 valence electrons. The number of H-pyrrole nitrogens is 2. The molecule has 1 amide bonds. The van der Waals surface area contributed by atoms with Crippen LogP contribution in [0.15, 0.2) is 15.8 Å². The van der Waals surface area contributed by atoms with E-state index in [0.29, 0.717) is 19.4 Å². The van der Waals surface area contributed by atoms with Crippen molar-refractivity contribution in [3.05, 3.63) is 32.6 Å². The number of rotatable bonds is 2. The number of hydrogen-bond acceptors (Lipinski definition) is 4. The molecule has 1 fully saturated rings. The standard InChI is InChI=1S/C11H13N3O5/c15-8-7(4-12-11(19)13-8)9(16)14-3-1-2-6(5-14)10(17)18/h4,6H,1-3,5H2,(H,17,18)(H2,12,13,15,19). The quantitative estimate of drug-likeness (QED) is 0.634. The Labute approximate surface area is 107 Å². The predicted molar refractivity (Wildman–Crippen MR) is 63.9 cm³/mol. The molecule has 1 saturated heterocycles. The second kappa shape index (κ2) is 5.09. The minimum atomic E-state index is -0.951. The van der Waals surface area contributed by atoms with Crippen LogP contribution in [0.2, 0.25) is 0 Å².